The van der Waals surface area contributed by atoms with E-state index in [1.165, 1.54) is 20.0 Å². The quantitative estimate of drug-likeness (QED) is 0.377. The van der Waals surface area contributed by atoms with E-state index < -0.39 is 0 Å². The van der Waals surface area contributed by atoms with Gasteiger partial charge in [0, 0.05) is 20.3 Å². The molecule has 0 fully saturated rings. The molecular weight excluding hydrogens is 302 g/mol. The molecule has 0 aromatic rings. The largest absolute Gasteiger partial charge is 0.379 e. The Morgan fingerprint density at radius 2 is 1.30 bits per heavy atom. The highest BCUT2D eigenvalue weighted by atomic mass is 16.6. The minimum Gasteiger partial charge on any atom is -0.379 e. The van der Waals surface area contributed by atoms with Crippen LogP contribution < -0.4 is 5.32 Å². The van der Waals surface area contributed by atoms with Crippen LogP contribution in [0.2, 0.25) is 0 Å². The van der Waals surface area contributed by atoms with Crippen molar-refractivity contribution in [1.29, 1.82) is 0 Å². The summed E-state index contributed by atoms with van der Waals surface area (Å²) < 4.78 is 26.2. The van der Waals surface area contributed by atoms with Crippen molar-refractivity contribution in [3.63, 3.8) is 0 Å². The smallest absolute Gasteiger partial charge is 0.246 e. The molecule has 7 nitrogen and oxygen atoms in total. The predicted octanol–water partition coefficient (Wildman–Crippen LogP) is 1.01. The number of rotatable bonds is 18. The van der Waals surface area contributed by atoms with Gasteiger partial charge >= 0.3 is 0 Å². The Labute approximate surface area is 139 Å². The van der Waals surface area contributed by atoms with Crippen LogP contribution in [0.4, 0.5) is 0 Å². The van der Waals surface area contributed by atoms with Crippen LogP contribution in [0.1, 0.15) is 26.2 Å². The molecule has 1 N–H and O–H groups in total. The standard InChI is InChI=1S/C16H33NO6/c1-3-4-5-7-20-9-11-22-13-14-23-12-10-21-8-6-17-16(18)15-19-2/h3-15H2,1-2H3,(H,17,18). The Balaban J connectivity index is 3.01. The molecular formula is C16H33NO6. The van der Waals surface area contributed by atoms with E-state index in [0.717, 1.165) is 13.0 Å². The first-order valence-electron chi connectivity index (χ1n) is 8.37. The van der Waals surface area contributed by atoms with Gasteiger partial charge in [-0.3, -0.25) is 4.79 Å². The van der Waals surface area contributed by atoms with Crippen molar-refractivity contribution >= 4 is 5.91 Å². The Morgan fingerprint density at radius 1 is 0.783 bits per heavy atom. The van der Waals surface area contributed by atoms with Crippen molar-refractivity contribution in [1.82, 2.24) is 5.32 Å². The average molecular weight is 335 g/mol. The van der Waals surface area contributed by atoms with E-state index >= 15 is 0 Å². The Kier molecular flexibility index (Phi) is 18.7. The number of carbonyl (C=O) groups is 1. The monoisotopic (exact) mass is 335 g/mol. The lowest BCUT2D eigenvalue weighted by molar-refractivity contribution is -0.125. The number of ether oxygens (including phenoxy) is 5. The molecule has 0 bridgehead atoms. The summed E-state index contributed by atoms with van der Waals surface area (Å²) in [5.74, 6) is -0.140. The van der Waals surface area contributed by atoms with Crippen molar-refractivity contribution < 1.29 is 28.5 Å². The lowest BCUT2D eigenvalue weighted by atomic mass is 10.3. The third kappa shape index (κ3) is 19.2. The van der Waals surface area contributed by atoms with Crippen LogP contribution in [-0.2, 0) is 28.5 Å². The molecule has 23 heavy (non-hydrogen) atoms. The molecule has 0 aliphatic heterocycles. The molecule has 0 aromatic heterocycles. The van der Waals surface area contributed by atoms with Crippen LogP contribution in [0.25, 0.3) is 0 Å². The first kappa shape index (κ1) is 22.3. The first-order valence-corrected chi connectivity index (χ1v) is 8.37. The van der Waals surface area contributed by atoms with Gasteiger partial charge in [-0.25, -0.2) is 0 Å². The van der Waals surface area contributed by atoms with Gasteiger partial charge in [0.15, 0.2) is 0 Å². The predicted molar refractivity (Wildman–Crippen MR) is 87.7 cm³/mol. The Bertz CT molecular complexity index is 253. The van der Waals surface area contributed by atoms with E-state index in [2.05, 4.69) is 12.2 Å². The first-order chi connectivity index (χ1) is 11.3. The van der Waals surface area contributed by atoms with Crippen molar-refractivity contribution in [2.45, 2.75) is 26.2 Å². The zero-order chi connectivity index (χ0) is 17.0. The van der Waals surface area contributed by atoms with Gasteiger partial charge in [-0.05, 0) is 6.42 Å². The van der Waals surface area contributed by atoms with Gasteiger partial charge in [-0.1, -0.05) is 19.8 Å². The maximum Gasteiger partial charge on any atom is 0.246 e. The maximum atomic E-state index is 11.1. The van der Waals surface area contributed by atoms with Crippen molar-refractivity contribution in [3.8, 4) is 0 Å². The van der Waals surface area contributed by atoms with E-state index in [4.69, 9.17) is 23.7 Å². The highest BCUT2D eigenvalue weighted by molar-refractivity contribution is 5.77. The molecule has 0 aliphatic carbocycles. The van der Waals surface area contributed by atoms with E-state index in [-0.39, 0.29) is 12.5 Å². The number of methoxy groups -OCH3 is 1. The fraction of sp³-hybridized carbons (Fsp3) is 0.938. The molecule has 7 heteroatoms. The molecule has 0 atom stereocenters. The molecule has 0 saturated heterocycles. The fourth-order valence-corrected chi connectivity index (χ4v) is 1.66. The summed E-state index contributed by atoms with van der Waals surface area (Å²) in [7, 11) is 1.48. The van der Waals surface area contributed by atoms with Crippen LogP contribution in [0, 0.1) is 0 Å². The molecule has 0 spiro atoms. The van der Waals surface area contributed by atoms with E-state index in [0.29, 0.717) is 52.8 Å². The highest BCUT2D eigenvalue weighted by Crippen LogP contribution is 1.93. The van der Waals surface area contributed by atoms with Gasteiger partial charge in [-0.15, -0.1) is 0 Å². The second-order valence-electron chi connectivity index (χ2n) is 4.94. The van der Waals surface area contributed by atoms with Gasteiger partial charge in [-0.2, -0.15) is 0 Å². The highest BCUT2D eigenvalue weighted by Gasteiger charge is 1.98. The zero-order valence-corrected chi connectivity index (χ0v) is 14.6. The van der Waals surface area contributed by atoms with Crippen LogP contribution in [0.5, 0.6) is 0 Å². The topological polar surface area (TPSA) is 75.3 Å². The number of hydrogen-bond donors (Lipinski definition) is 1. The van der Waals surface area contributed by atoms with Gasteiger partial charge in [0.25, 0.3) is 0 Å². The lowest BCUT2D eigenvalue weighted by Crippen LogP contribution is -2.30. The Morgan fingerprint density at radius 3 is 1.83 bits per heavy atom. The van der Waals surface area contributed by atoms with E-state index in [1.54, 1.807) is 0 Å². The number of amides is 1. The molecule has 0 aromatic carbocycles. The zero-order valence-electron chi connectivity index (χ0n) is 14.6. The van der Waals surface area contributed by atoms with Gasteiger partial charge in [0.1, 0.15) is 6.61 Å². The summed E-state index contributed by atoms with van der Waals surface area (Å²) in [6.07, 6.45) is 3.55. The van der Waals surface area contributed by atoms with Crippen LogP contribution in [-0.4, -0.2) is 79.0 Å². The van der Waals surface area contributed by atoms with Crippen LogP contribution in [0.3, 0.4) is 0 Å². The number of unbranched alkanes of at least 4 members (excludes halogenated alkanes) is 2. The second kappa shape index (κ2) is 19.3. The van der Waals surface area contributed by atoms with Crippen molar-refractivity contribution in [3.05, 3.63) is 0 Å². The third-order valence-corrected chi connectivity index (χ3v) is 2.85. The lowest BCUT2D eigenvalue weighted by Gasteiger charge is -2.08. The minimum atomic E-state index is -0.140. The second-order valence-corrected chi connectivity index (χ2v) is 4.94. The normalized spacial score (nSPS) is 10.9. The molecule has 0 radical (unpaired) electrons. The summed E-state index contributed by atoms with van der Waals surface area (Å²) >= 11 is 0. The fourth-order valence-electron chi connectivity index (χ4n) is 1.66. The van der Waals surface area contributed by atoms with Crippen molar-refractivity contribution in [2.24, 2.45) is 0 Å². The van der Waals surface area contributed by atoms with Gasteiger partial charge < -0.3 is 29.0 Å². The summed E-state index contributed by atoms with van der Waals surface area (Å²) in [5, 5.41) is 2.67. The average Bonchev–Trinajstić information content (AvgIpc) is 2.54. The van der Waals surface area contributed by atoms with E-state index in [1.807, 2.05) is 0 Å². The summed E-state index contributed by atoms with van der Waals surface area (Å²) in [6, 6.07) is 0. The summed E-state index contributed by atoms with van der Waals surface area (Å²) in [5.41, 5.74) is 0. The molecule has 0 saturated carbocycles. The molecule has 0 unspecified atom stereocenters. The molecule has 138 valence electrons. The molecule has 0 aliphatic rings. The molecule has 1 amide bonds. The minimum absolute atomic E-state index is 0.0763. The van der Waals surface area contributed by atoms with Gasteiger partial charge in [0.05, 0.1) is 46.2 Å². The number of carbonyl (C=O) groups excluding carboxylic acids is 1. The third-order valence-electron chi connectivity index (χ3n) is 2.85. The van der Waals surface area contributed by atoms with Crippen molar-refractivity contribution in [2.75, 3.05) is 73.1 Å². The SMILES string of the molecule is CCCCCOCCOCCOCCOCCNC(=O)COC. The Hall–Kier alpha value is -0.730. The molecule has 0 rings (SSSR count). The van der Waals surface area contributed by atoms with Crippen LogP contribution >= 0.6 is 0 Å². The summed E-state index contributed by atoms with van der Waals surface area (Å²) in [6.45, 7) is 7.38. The maximum absolute atomic E-state index is 11.1. The van der Waals surface area contributed by atoms with Crippen LogP contribution in [0.15, 0.2) is 0 Å². The van der Waals surface area contributed by atoms with Gasteiger partial charge in [0.2, 0.25) is 5.91 Å². The van der Waals surface area contributed by atoms with E-state index in [9.17, 15) is 4.79 Å². The number of hydrogen-bond acceptors (Lipinski definition) is 6. The number of nitrogens with one attached hydrogen (secondary N) is 1. The summed E-state index contributed by atoms with van der Waals surface area (Å²) in [4.78, 5) is 11.1. The molecule has 0 heterocycles.